The molecule has 116 valence electrons. The molecule has 0 heterocycles. The van der Waals surface area contributed by atoms with Crippen molar-refractivity contribution in [2.75, 3.05) is 0 Å². The van der Waals surface area contributed by atoms with E-state index in [1.807, 2.05) is 44.2 Å². The zero-order valence-electron chi connectivity index (χ0n) is 13.6. The van der Waals surface area contributed by atoms with Gasteiger partial charge in [0.05, 0.1) is 0 Å². The second kappa shape index (κ2) is 7.50. The van der Waals surface area contributed by atoms with E-state index in [0.29, 0.717) is 0 Å². The second-order valence-electron chi connectivity index (χ2n) is 5.84. The Morgan fingerprint density at radius 3 is 2.32 bits per heavy atom. The molecule has 0 bridgehead atoms. The molecular formula is C19H23NOS. The third-order valence-corrected chi connectivity index (χ3v) is 4.78. The molecule has 1 amide bonds. The van der Waals surface area contributed by atoms with Crippen LogP contribution in [-0.2, 0) is 4.79 Å². The van der Waals surface area contributed by atoms with Gasteiger partial charge in [-0.25, -0.2) is 0 Å². The summed E-state index contributed by atoms with van der Waals surface area (Å²) >= 11 is 1.62. The molecule has 0 radical (unpaired) electrons. The molecule has 0 aliphatic carbocycles. The van der Waals surface area contributed by atoms with E-state index in [1.54, 1.807) is 11.8 Å². The Bertz CT molecular complexity index is 637. The maximum Gasteiger partial charge on any atom is 0.238 e. The number of carbonyl (C=O) groups is 1. The summed E-state index contributed by atoms with van der Waals surface area (Å²) < 4.78 is 0. The highest BCUT2D eigenvalue weighted by Gasteiger charge is 2.23. The Morgan fingerprint density at radius 2 is 1.73 bits per heavy atom. The topological polar surface area (TPSA) is 29.1 Å². The molecule has 22 heavy (non-hydrogen) atoms. The van der Waals surface area contributed by atoms with Gasteiger partial charge >= 0.3 is 0 Å². The van der Waals surface area contributed by atoms with Crippen molar-refractivity contribution in [3.63, 3.8) is 0 Å². The van der Waals surface area contributed by atoms with Crippen LogP contribution in [0.1, 0.15) is 35.8 Å². The molecule has 0 aliphatic rings. The average Bonchev–Trinajstić information content (AvgIpc) is 2.46. The van der Waals surface area contributed by atoms with Crippen LogP contribution in [0.5, 0.6) is 0 Å². The minimum atomic E-state index is -0.231. The lowest BCUT2D eigenvalue weighted by Gasteiger charge is -2.19. The first-order valence-electron chi connectivity index (χ1n) is 7.56. The highest BCUT2D eigenvalue weighted by atomic mass is 32.2. The Labute approximate surface area is 137 Å². The maximum atomic E-state index is 12.6. The number of aryl methyl sites for hydroxylation is 2. The Hall–Kier alpha value is -1.74. The van der Waals surface area contributed by atoms with Crippen molar-refractivity contribution >= 4 is 17.7 Å². The van der Waals surface area contributed by atoms with Crippen LogP contribution in [0.4, 0.5) is 0 Å². The molecule has 0 fully saturated rings. The number of hydrogen-bond donors (Lipinski definition) is 1. The zero-order chi connectivity index (χ0) is 16.1. The van der Waals surface area contributed by atoms with Crippen LogP contribution >= 0.6 is 11.8 Å². The predicted octanol–water partition coefficient (Wildman–Crippen LogP) is 4.66. The number of rotatable bonds is 5. The molecule has 2 rings (SSSR count). The van der Waals surface area contributed by atoms with E-state index in [9.17, 15) is 4.79 Å². The average molecular weight is 313 g/mol. The van der Waals surface area contributed by atoms with Crippen LogP contribution in [-0.4, -0.2) is 11.9 Å². The lowest BCUT2D eigenvalue weighted by molar-refractivity contribution is -0.121. The van der Waals surface area contributed by atoms with E-state index in [4.69, 9.17) is 0 Å². The molecule has 2 nitrogen and oxygen atoms in total. The van der Waals surface area contributed by atoms with Gasteiger partial charge in [-0.2, -0.15) is 0 Å². The summed E-state index contributed by atoms with van der Waals surface area (Å²) in [6.45, 7) is 8.16. The normalized spacial score (nSPS) is 12.2. The first kappa shape index (κ1) is 16.6. The molecular weight excluding hydrogens is 290 g/mol. The third-order valence-electron chi connectivity index (χ3n) is 3.35. The fraction of sp³-hybridized carbons (Fsp3) is 0.316. The Morgan fingerprint density at radius 1 is 1.05 bits per heavy atom. The van der Waals surface area contributed by atoms with Crippen LogP contribution in [0, 0.1) is 13.8 Å². The first-order valence-corrected chi connectivity index (χ1v) is 8.44. The van der Waals surface area contributed by atoms with Gasteiger partial charge in [0.15, 0.2) is 0 Å². The van der Waals surface area contributed by atoms with Crippen molar-refractivity contribution in [3.05, 3.63) is 65.2 Å². The number of thioether (sulfide) groups is 1. The molecule has 0 saturated heterocycles. The van der Waals surface area contributed by atoms with E-state index in [1.165, 1.54) is 11.1 Å². The molecule has 2 aromatic rings. The standard InChI is InChI=1S/C19H23NOS/c1-13(2)20-19(21)18(16-8-6-5-7-9-16)22-17-11-10-14(3)12-15(17)4/h5-13,18H,1-4H3,(H,20,21). The number of benzene rings is 2. The van der Waals surface area contributed by atoms with E-state index >= 15 is 0 Å². The van der Waals surface area contributed by atoms with Crippen molar-refractivity contribution in [1.82, 2.24) is 5.32 Å². The highest BCUT2D eigenvalue weighted by Crippen LogP contribution is 2.37. The minimum absolute atomic E-state index is 0.0613. The summed E-state index contributed by atoms with van der Waals surface area (Å²) in [6.07, 6.45) is 0. The second-order valence-corrected chi connectivity index (χ2v) is 6.99. The maximum absolute atomic E-state index is 12.6. The van der Waals surface area contributed by atoms with Crippen LogP contribution < -0.4 is 5.32 Å². The molecule has 3 heteroatoms. The van der Waals surface area contributed by atoms with Crippen molar-refractivity contribution in [2.24, 2.45) is 0 Å². The van der Waals surface area contributed by atoms with Gasteiger partial charge in [0.25, 0.3) is 0 Å². The quantitative estimate of drug-likeness (QED) is 0.813. The van der Waals surface area contributed by atoms with Crippen molar-refractivity contribution in [2.45, 2.75) is 43.9 Å². The monoisotopic (exact) mass is 313 g/mol. The van der Waals surface area contributed by atoms with Crippen molar-refractivity contribution in [3.8, 4) is 0 Å². The summed E-state index contributed by atoms with van der Waals surface area (Å²) in [5.41, 5.74) is 3.48. The van der Waals surface area contributed by atoms with Gasteiger partial charge in [-0.05, 0) is 44.9 Å². The molecule has 1 atom stereocenters. The molecule has 1 N–H and O–H groups in total. The van der Waals surface area contributed by atoms with E-state index in [0.717, 1.165) is 10.5 Å². The van der Waals surface area contributed by atoms with Gasteiger partial charge in [-0.1, -0.05) is 48.0 Å². The van der Waals surface area contributed by atoms with Crippen LogP contribution in [0.15, 0.2) is 53.4 Å². The Kier molecular flexibility index (Phi) is 5.67. The molecule has 0 spiro atoms. The van der Waals surface area contributed by atoms with Crippen LogP contribution in [0.2, 0.25) is 0 Å². The van der Waals surface area contributed by atoms with E-state index in [2.05, 4.69) is 37.4 Å². The number of amides is 1. The van der Waals surface area contributed by atoms with Gasteiger partial charge in [0.1, 0.15) is 5.25 Å². The Balaban J connectivity index is 2.30. The number of carbonyl (C=O) groups excluding carboxylic acids is 1. The van der Waals surface area contributed by atoms with E-state index in [-0.39, 0.29) is 17.2 Å². The molecule has 2 aromatic carbocycles. The fourth-order valence-electron chi connectivity index (χ4n) is 2.32. The lowest BCUT2D eigenvalue weighted by atomic mass is 10.1. The lowest BCUT2D eigenvalue weighted by Crippen LogP contribution is -2.33. The highest BCUT2D eigenvalue weighted by molar-refractivity contribution is 8.00. The van der Waals surface area contributed by atoms with Crippen molar-refractivity contribution < 1.29 is 4.79 Å². The van der Waals surface area contributed by atoms with Crippen molar-refractivity contribution in [1.29, 1.82) is 0 Å². The molecule has 0 aliphatic heterocycles. The van der Waals surface area contributed by atoms with Crippen LogP contribution in [0.25, 0.3) is 0 Å². The molecule has 1 unspecified atom stereocenters. The third kappa shape index (κ3) is 4.38. The van der Waals surface area contributed by atoms with Gasteiger partial charge < -0.3 is 5.32 Å². The summed E-state index contributed by atoms with van der Waals surface area (Å²) in [7, 11) is 0. The van der Waals surface area contributed by atoms with E-state index < -0.39 is 0 Å². The van der Waals surface area contributed by atoms with Gasteiger partial charge in [-0.15, -0.1) is 11.8 Å². The first-order chi connectivity index (χ1) is 10.5. The fourth-order valence-corrected chi connectivity index (χ4v) is 3.43. The zero-order valence-corrected chi connectivity index (χ0v) is 14.4. The predicted molar refractivity (Wildman–Crippen MR) is 94.2 cm³/mol. The molecule has 0 saturated carbocycles. The largest absolute Gasteiger partial charge is 0.353 e. The minimum Gasteiger partial charge on any atom is -0.353 e. The number of nitrogens with one attached hydrogen (secondary N) is 1. The number of hydrogen-bond acceptors (Lipinski definition) is 2. The van der Waals surface area contributed by atoms with Gasteiger partial charge in [0.2, 0.25) is 5.91 Å². The molecule has 0 aromatic heterocycles. The SMILES string of the molecule is Cc1ccc(SC(C(=O)NC(C)C)c2ccccc2)c(C)c1. The summed E-state index contributed by atoms with van der Waals surface area (Å²) in [6, 6.07) is 16.5. The van der Waals surface area contributed by atoms with Gasteiger partial charge in [-0.3, -0.25) is 4.79 Å². The van der Waals surface area contributed by atoms with Gasteiger partial charge in [0, 0.05) is 10.9 Å². The summed E-state index contributed by atoms with van der Waals surface area (Å²) in [4.78, 5) is 13.8. The van der Waals surface area contributed by atoms with Crippen LogP contribution in [0.3, 0.4) is 0 Å². The smallest absolute Gasteiger partial charge is 0.238 e. The summed E-state index contributed by atoms with van der Waals surface area (Å²) in [5.74, 6) is 0.0613. The summed E-state index contributed by atoms with van der Waals surface area (Å²) in [5, 5.41) is 2.80.